The van der Waals surface area contributed by atoms with E-state index in [1.165, 1.54) is 0 Å². The molecule has 0 amide bonds. The lowest BCUT2D eigenvalue weighted by atomic mass is 9.93. The molecular formula is C11H17N3. The average Bonchev–Trinajstić information content (AvgIpc) is 2.23. The molecule has 0 fully saturated rings. The van der Waals surface area contributed by atoms with E-state index in [1.54, 1.807) is 6.34 Å². The van der Waals surface area contributed by atoms with Crippen LogP contribution in [0.5, 0.6) is 0 Å². The molecule has 0 bridgehead atoms. The van der Waals surface area contributed by atoms with Crippen LogP contribution in [0.4, 0.5) is 0 Å². The number of hydrogen-bond donors (Lipinski definition) is 0. The van der Waals surface area contributed by atoms with Crippen LogP contribution in [-0.4, -0.2) is 31.2 Å². The molecule has 0 aromatic carbocycles. The Hall–Kier alpha value is -1.38. The predicted molar refractivity (Wildman–Crippen MR) is 61.7 cm³/mol. The predicted octanol–water partition coefficient (Wildman–Crippen LogP) is 2.08. The van der Waals surface area contributed by atoms with E-state index in [4.69, 9.17) is 0 Å². The van der Waals surface area contributed by atoms with Crippen LogP contribution in [0.1, 0.15) is 13.8 Å². The third-order valence-electron chi connectivity index (χ3n) is 1.79. The first-order valence-electron chi connectivity index (χ1n) is 4.65. The van der Waals surface area contributed by atoms with Gasteiger partial charge in [0, 0.05) is 25.7 Å². The van der Waals surface area contributed by atoms with E-state index in [9.17, 15) is 0 Å². The largest absolute Gasteiger partial charge is 0.369 e. The maximum Gasteiger partial charge on any atom is 0.153 e. The summed E-state index contributed by atoms with van der Waals surface area (Å²) in [4.78, 5) is 10.3. The minimum atomic E-state index is 0.0683. The minimum absolute atomic E-state index is 0.0683. The highest BCUT2D eigenvalue weighted by Crippen LogP contribution is 2.20. The molecule has 3 nitrogen and oxygen atoms in total. The van der Waals surface area contributed by atoms with Gasteiger partial charge in [-0.2, -0.15) is 0 Å². The van der Waals surface area contributed by atoms with Crippen molar-refractivity contribution in [2.24, 2.45) is 15.4 Å². The van der Waals surface area contributed by atoms with Crippen molar-refractivity contribution in [3.8, 4) is 0 Å². The van der Waals surface area contributed by atoms with Crippen molar-refractivity contribution in [1.29, 1.82) is 0 Å². The Kier molecular flexibility index (Phi) is 3.23. The van der Waals surface area contributed by atoms with E-state index in [1.807, 2.05) is 31.3 Å². The number of allylic oxidation sites excluding steroid dienone is 2. The second-order valence-corrected chi connectivity index (χ2v) is 4.17. The second-order valence-electron chi connectivity index (χ2n) is 4.17. The normalized spacial score (nSPS) is 19.6. The molecule has 3 heteroatoms. The maximum absolute atomic E-state index is 4.22. The number of rotatable bonds is 1. The Labute approximate surface area is 85.6 Å². The van der Waals surface area contributed by atoms with Gasteiger partial charge < -0.3 is 4.90 Å². The molecule has 1 rings (SSSR count). The molecule has 0 aromatic heterocycles. The lowest BCUT2D eigenvalue weighted by molar-refractivity contribution is 0.626. The van der Waals surface area contributed by atoms with Crippen molar-refractivity contribution >= 4 is 12.2 Å². The van der Waals surface area contributed by atoms with Crippen molar-refractivity contribution in [2.45, 2.75) is 13.8 Å². The molecule has 0 radical (unpaired) electrons. The van der Waals surface area contributed by atoms with E-state index < -0.39 is 0 Å². The highest BCUT2D eigenvalue weighted by Gasteiger charge is 2.10. The number of hydrogen-bond acceptors (Lipinski definition) is 2. The SMILES string of the molecule is CN(C)/C=N/C1=NC=CC(C)(C)C=C1. The zero-order valence-corrected chi connectivity index (χ0v) is 9.23. The molecule has 1 heterocycles. The van der Waals surface area contributed by atoms with Crippen molar-refractivity contribution < 1.29 is 0 Å². The summed E-state index contributed by atoms with van der Waals surface area (Å²) in [5.41, 5.74) is 0.0683. The molecule has 0 saturated carbocycles. The van der Waals surface area contributed by atoms with E-state index in [2.05, 4.69) is 36.0 Å². The van der Waals surface area contributed by atoms with Crippen molar-refractivity contribution in [1.82, 2.24) is 4.90 Å². The zero-order chi connectivity index (χ0) is 10.6. The third kappa shape index (κ3) is 3.56. The summed E-state index contributed by atoms with van der Waals surface area (Å²) in [5.74, 6) is 0.737. The van der Waals surface area contributed by atoms with Crippen molar-refractivity contribution in [3.05, 3.63) is 24.4 Å². The molecule has 1 aliphatic heterocycles. The highest BCUT2D eigenvalue weighted by molar-refractivity contribution is 5.98. The van der Waals surface area contributed by atoms with Crippen LogP contribution in [-0.2, 0) is 0 Å². The van der Waals surface area contributed by atoms with Crippen LogP contribution in [0.15, 0.2) is 34.4 Å². The Bertz CT molecular complexity index is 306. The van der Waals surface area contributed by atoms with Crippen LogP contribution in [0, 0.1) is 5.41 Å². The first kappa shape index (κ1) is 10.7. The molecule has 76 valence electrons. The van der Waals surface area contributed by atoms with Gasteiger partial charge in [-0.3, -0.25) is 0 Å². The lowest BCUT2D eigenvalue weighted by Gasteiger charge is -2.11. The maximum atomic E-state index is 4.22. The van der Waals surface area contributed by atoms with Crippen molar-refractivity contribution in [2.75, 3.05) is 14.1 Å². The van der Waals surface area contributed by atoms with Gasteiger partial charge in [0.25, 0.3) is 0 Å². The summed E-state index contributed by atoms with van der Waals surface area (Å²) in [5, 5.41) is 0. The van der Waals surface area contributed by atoms with Gasteiger partial charge in [-0.1, -0.05) is 26.0 Å². The summed E-state index contributed by atoms with van der Waals surface area (Å²) in [6, 6.07) is 0. The Morgan fingerprint density at radius 1 is 1.36 bits per heavy atom. The smallest absolute Gasteiger partial charge is 0.153 e. The van der Waals surface area contributed by atoms with E-state index >= 15 is 0 Å². The van der Waals surface area contributed by atoms with Gasteiger partial charge in [-0.05, 0) is 6.08 Å². The lowest BCUT2D eigenvalue weighted by Crippen LogP contribution is -2.09. The number of nitrogens with zero attached hydrogens (tertiary/aromatic N) is 3. The number of amidine groups is 1. The summed E-state index contributed by atoms with van der Waals surface area (Å²) in [7, 11) is 3.87. The van der Waals surface area contributed by atoms with E-state index in [0.717, 1.165) is 5.84 Å². The van der Waals surface area contributed by atoms with Gasteiger partial charge >= 0.3 is 0 Å². The Morgan fingerprint density at radius 3 is 2.71 bits per heavy atom. The summed E-state index contributed by atoms with van der Waals surface area (Å²) >= 11 is 0. The Morgan fingerprint density at radius 2 is 2.07 bits per heavy atom. The van der Waals surface area contributed by atoms with Crippen LogP contribution >= 0.6 is 0 Å². The standard InChI is InChI=1S/C11H17N3/c1-11(2)6-5-10(12-8-7-11)13-9-14(3)4/h5-9H,1-4H3/b13-9+. The summed E-state index contributed by atoms with van der Waals surface area (Å²) < 4.78 is 0. The van der Waals surface area contributed by atoms with Gasteiger partial charge in [-0.25, -0.2) is 9.98 Å². The quantitative estimate of drug-likeness (QED) is 0.460. The first-order valence-corrected chi connectivity index (χ1v) is 4.65. The first-order chi connectivity index (χ1) is 6.49. The molecule has 0 N–H and O–H groups in total. The van der Waals surface area contributed by atoms with Crippen LogP contribution in [0.2, 0.25) is 0 Å². The zero-order valence-electron chi connectivity index (χ0n) is 9.23. The average molecular weight is 191 g/mol. The molecule has 0 aromatic rings. The molecule has 0 spiro atoms. The van der Waals surface area contributed by atoms with E-state index in [-0.39, 0.29) is 5.41 Å². The molecule has 0 atom stereocenters. The van der Waals surface area contributed by atoms with Gasteiger partial charge in [-0.15, -0.1) is 0 Å². The van der Waals surface area contributed by atoms with Gasteiger partial charge in [0.2, 0.25) is 0 Å². The van der Waals surface area contributed by atoms with Crippen LogP contribution in [0.25, 0.3) is 0 Å². The third-order valence-corrected chi connectivity index (χ3v) is 1.79. The van der Waals surface area contributed by atoms with Crippen LogP contribution in [0.3, 0.4) is 0 Å². The molecule has 0 aliphatic carbocycles. The van der Waals surface area contributed by atoms with Crippen molar-refractivity contribution in [3.63, 3.8) is 0 Å². The van der Waals surface area contributed by atoms with Gasteiger partial charge in [0.1, 0.15) is 0 Å². The van der Waals surface area contributed by atoms with Crippen LogP contribution < -0.4 is 0 Å². The fourth-order valence-corrected chi connectivity index (χ4v) is 0.945. The fourth-order valence-electron chi connectivity index (χ4n) is 0.945. The topological polar surface area (TPSA) is 28.0 Å². The minimum Gasteiger partial charge on any atom is -0.369 e. The molecule has 14 heavy (non-hydrogen) atoms. The highest BCUT2D eigenvalue weighted by atomic mass is 15.1. The van der Waals surface area contributed by atoms with Gasteiger partial charge in [0.15, 0.2) is 5.84 Å². The summed E-state index contributed by atoms with van der Waals surface area (Å²) in [6.45, 7) is 4.27. The Balaban J connectivity index is 2.75. The number of aliphatic imine (C=N–C) groups is 2. The molecule has 0 saturated heterocycles. The monoisotopic (exact) mass is 191 g/mol. The fraction of sp³-hybridized carbons (Fsp3) is 0.455. The van der Waals surface area contributed by atoms with E-state index in [0.29, 0.717) is 0 Å². The summed E-state index contributed by atoms with van der Waals surface area (Å²) in [6.07, 6.45) is 9.65. The molecular weight excluding hydrogens is 174 g/mol. The second kappa shape index (κ2) is 4.22. The molecule has 1 aliphatic rings. The van der Waals surface area contributed by atoms with Gasteiger partial charge in [0.05, 0.1) is 6.34 Å². The molecule has 0 unspecified atom stereocenters.